The van der Waals surface area contributed by atoms with Crippen LogP contribution < -0.4 is 11.1 Å². The highest BCUT2D eigenvalue weighted by molar-refractivity contribution is 5.07. The minimum atomic E-state index is -0.724. The van der Waals surface area contributed by atoms with Gasteiger partial charge in [-0.2, -0.15) is 0 Å². The van der Waals surface area contributed by atoms with Crippen LogP contribution in [0.3, 0.4) is 0 Å². The van der Waals surface area contributed by atoms with Gasteiger partial charge in [-0.1, -0.05) is 0 Å². The summed E-state index contributed by atoms with van der Waals surface area (Å²) < 4.78 is 5.26. The first-order valence-corrected chi connectivity index (χ1v) is 5.46. The number of aliphatic hydroxyl groups is 1. The standard InChI is InChI=1S/C10H20N2O2/c11-9(2-1-5-12-8-9)10(13)3-6-14-7-4-10/h12-13H,1-8,11H2. The van der Waals surface area contributed by atoms with Gasteiger partial charge in [0.15, 0.2) is 0 Å². The molecule has 2 saturated heterocycles. The van der Waals surface area contributed by atoms with Gasteiger partial charge in [-0.25, -0.2) is 0 Å². The van der Waals surface area contributed by atoms with Gasteiger partial charge in [0.25, 0.3) is 0 Å². The molecule has 0 aliphatic carbocycles. The van der Waals surface area contributed by atoms with Crippen LogP contribution in [0, 0.1) is 0 Å². The summed E-state index contributed by atoms with van der Waals surface area (Å²) in [5.41, 5.74) is 5.13. The van der Waals surface area contributed by atoms with Crippen LogP contribution in [0.5, 0.6) is 0 Å². The van der Waals surface area contributed by atoms with Gasteiger partial charge in [0.05, 0.1) is 11.1 Å². The van der Waals surface area contributed by atoms with Crippen LogP contribution in [0.1, 0.15) is 25.7 Å². The summed E-state index contributed by atoms with van der Waals surface area (Å²) in [4.78, 5) is 0. The Balaban J connectivity index is 2.09. The maximum Gasteiger partial charge on any atom is 0.0882 e. The zero-order valence-electron chi connectivity index (χ0n) is 8.59. The zero-order chi connectivity index (χ0) is 10.1. The van der Waals surface area contributed by atoms with Crippen LogP contribution in [0.4, 0.5) is 0 Å². The molecule has 1 atom stereocenters. The van der Waals surface area contributed by atoms with E-state index in [0.29, 0.717) is 26.1 Å². The van der Waals surface area contributed by atoms with E-state index in [2.05, 4.69) is 5.32 Å². The van der Waals surface area contributed by atoms with Gasteiger partial charge in [0, 0.05) is 32.6 Å². The van der Waals surface area contributed by atoms with E-state index in [-0.39, 0.29) is 0 Å². The van der Waals surface area contributed by atoms with Crippen molar-refractivity contribution >= 4 is 0 Å². The number of nitrogens with one attached hydrogen (secondary N) is 1. The predicted molar refractivity (Wildman–Crippen MR) is 54.0 cm³/mol. The van der Waals surface area contributed by atoms with Crippen LogP contribution in [-0.2, 0) is 4.74 Å². The molecule has 4 heteroatoms. The zero-order valence-corrected chi connectivity index (χ0v) is 8.59. The molecule has 2 aliphatic rings. The lowest BCUT2D eigenvalue weighted by atomic mass is 9.71. The molecule has 0 aromatic carbocycles. The molecule has 4 N–H and O–H groups in total. The first kappa shape index (κ1) is 10.4. The van der Waals surface area contributed by atoms with E-state index < -0.39 is 11.1 Å². The van der Waals surface area contributed by atoms with Gasteiger partial charge >= 0.3 is 0 Å². The van der Waals surface area contributed by atoms with E-state index >= 15 is 0 Å². The number of rotatable bonds is 1. The summed E-state index contributed by atoms with van der Waals surface area (Å²) in [6, 6.07) is 0. The Labute approximate surface area is 84.8 Å². The van der Waals surface area contributed by atoms with Crippen molar-refractivity contribution in [3.8, 4) is 0 Å². The van der Waals surface area contributed by atoms with Crippen molar-refractivity contribution in [2.24, 2.45) is 5.73 Å². The third-order valence-corrected chi connectivity index (χ3v) is 3.66. The molecular formula is C10H20N2O2. The van der Waals surface area contributed by atoms with Gasteiger partial charge < -0.3 is 20.9 Å². The van der Waals surface area contributed by atoms with E-state index in [9.17, 15) is 5.11 Å². The van der Waals surface area contributed by atoms with E-state index in [1.54, 1.807) is 0 Å². The van der Waals surface area contributed by atoms with Crippen molar-refractivity contribution in [1.29, 1.82) is 0 Å². The monoisotopic (exact) mass is 200 g/mol. The highest BCUT2D eigenvalue weighted by atomic mass is 16.5. The lowest BCUT2D eigenvalue weighted by Gasteiger charge is -2.49. The number of hydrogen-bond acceptors (Lipinski definition) is 4. The molecule has 0 aromatic heterocycles. The van der Waals surface area contributed by atoms with Gasteiger partial charge in [-0.3, -0.25) is 0 Å². The molecule has 82 valence electrons. The van der Waals surface area contributed by atoms with E-state index in [1.807, 2.05) is 0 Å². The molecule has 2 heterocycles. The van der Waals surface area contributed by atoms with Crippen LogP contribution in [0.15, 0.2) is 0 Å². The summed E-state index contributed by atoms with van der Waals surface area (Å²) >= 11 is 0. The molecule has 0 bridgehead atoms. The number of nitrogens with two attached hydrogens (primary N) is 1. The number of ether oxygens (including phenoxy) is 1. The highest BCUT2D eigenvalue weighted by Crippen LogP contribution is 2.34. The first-order valence-electron chi connectivity index (χ1n) is 5.46. The molecule has 1 unspecified atom stereocenters. The second kappa shape index (κ2) is 3.77. The topological polar surface area (TPSA) is 67.5 Å². The van der Waals surface area contributed by atoms with Crippen molar-refractivity contribution < 1.29 is 9.84 Å². The molecule has 0 aromatic rings. The van der Waals surface area contributed by atoms with E-state index in [1.165, 1.54) is 0 Å². The van der Waals surface area contributed by atoms with Gasteiger partial charge in [0.2, 0.25) is 0 Å². The smallest absolute Gasteiger partial charge is 0.0882 e. The minimum Gasteiger partial charge on any atom is -0.388 e. The molecule has 14 heavy (non-hydrogen) atoms. The van der Waals surface area contributed by atoms with Crippen molar-refractivity contribution in [1.82, 2.24) is 5.32 Å². The van der Waals surface area contributed by atoms with Crippen LogP contribution in [0.25, 0.3) is 0 Å². The molecule has 2 aliphatic heterocycles. The molecule has 2 rings (SSSR count). The Morgan fingerprint density at radius 3 is 2.50 bits per heavy atom. The second-order valence-corrected chi connectivity index (χ2v) is 4.58. The Kier molecular flexibility index (Phi) is 2.79. The lowest BCUT2D eigenvalue weighted by Crippen LogP contribution is -2.68. The minimum absolute atomic E-state index is 0.449. The van der Waals surface area contributed by atoms with Gasteiger partial charge in [-0.15, -0.1) is 0 Å². The quantitative estimate of drug-likeness (QED) is 0.539. The highest BCUT2D eigenvalue weighted by Gasteiger charge is 2.48. The fraction of sp³-hybridized carbons (Fsp3) is 1.00. The fourth-order valence-electron chi connectivity index (χ4n) is 2.53. The summed E-state index contributed by atoms with van der Waals surface area (Å²) in [5, 5.41) is 13.8. The molecule has 0 spiro atoms. The van der Waals surface area contributed by atoms with Crippen molar-refractivity contribution in [3.05, 3.63) is 0 Å². The lowest BCUT2D eigenvalue weighted by molar-refractivity contribution is -0.115. The largest absolute Gasteiger partial charge is 0.388 e. The Morgan fingerprint density at radius 2 is 1.93 bits per heavy atom. The number of piperidine rings is 1. The summed E-state index contributed by atoms with van der Waals surface area (Å²) in [7, 11) is 0. The van der Waals surface area contributed by atoms with Gasteiger partial charge in [-0.05, 0) is 19.4 Å². The van der Waals surface area contributed by atoms with E-state index in [4.69, 9.17) is 10.5 Å². The second-order valence-electron chi connectivity index (χ2n) is 4.58. The fourth-order valence-corrected chi connectivity index (χ4v) is 2.53. The molecule has 4 nitrogen and oxygen atoms in total. The third kappa shape index (κ3) is 1.67. The Morgan fingerprint density at radius 1 is 1.21 bits per heavy atom. The van der Waals surface area contributed by atoms with Gasteiger partial charge in [0.1, 0.15) is 0 Å². The van der Waals surface area contributed by atoms with E-state index in [0.717, 1.165) is 25.9 Å². The molecule has 0 saturated carbocycles. The number of hydrogen-bond donors (Lipinski definition) is 3. The first-order chi connectivity index (χ1) is 6.66. The maximum absolute atomic E-state index is 10.5. The van der Waals surface area contributed by atoms with Crippen LogP contribution >= 0.6 is 0 Å². The Bertz CT molecular complexity index is 174. The summed E-state index contributed by atoms with van der Waals surface area (Å²) in [5.74, 6) is 0. The molecule has 0 radical (unpaired) electrons. The predicted octanol–water partition coefficient (Wildman–Crippen LogP) is -0.391. The van der Waals surface area contributed by atoms with Crippen molar-refractivity contribution in [2.75, 3.05) is 26.3 Å². The van der Waals surface area contributed by atoms with Crippen molar-refractivity contribution in [2.45, 2.75) is 36.8 Å². The van der Waals surface area contributed by atoms with Crippen molar-refractivity contribution in [3.63, 3.8) is 0 Å². The van der Waals surface area contributed by atoms with Crippen LogP contribution in [-0.4, -0.2) is 42.5 Å². The summed E-state index contributed by atoms with van der Waals surface area (Å²) in [6.07, 6.45) is 3.31. The SMILES string of the molecule is NC1(C2(O)CCOCC2)CCCNC1. The Hall–Kier alpha value is -0.160. The van der Waals surface area contributed by atoms with Crippen LogP contribution in [0.2, 0.25) is 0 Å². The molecular weight excluding hydrogens is 180 g/mol. The molecule has 0 amide bonds. The average molecular weight is 200 g/mol. The summed E-state index contributed by atoms with van der Waals surface area (Å²) in [6.45, 7) is 3.01. The normalized spacial score (nSPS) is 38.1. The maximum atomic E-state index is 10.5. The average Bonchev–Trinajstić information content (AvgIpc) is 2.20. The third-order valence-electron chi connectivity index (χ3n) is 3.66. The molecule has 2 fully saturated rings.